The first-order valence-electron chi connectivity index (χ1n) is 6.08. The number of nitrogens with one attached hydrogen (secondary N) is 1. The van der Waals surface area contributed by atoms with Crippen molar-refractivity contribution in [2.45, 2.75) is 26.3 Å². The van der Waals surface area contributed by atoms with Crippen molar-refractivity contribution in [3.05, 3.63) is 29.6 Å². The smallest absolute Gasteiger partial charge is 0.196 e. The van der Waals surface area contributed by atoms with Crippen LogP contribution in [0, 0.1) is 23.4 Å². The average Bonchev–Trinajstić information content (AvgIpc) is 2.76. The van der Waals surface area contributed by atoms with E-state index >= 15 is 0 Å². The van der Waals surface area contributed by atoms with Gasteiger partial charge in [0.2, 0.25) is 0 Å². The van der Waals surface area contributed by atoms with Gasteiger partial charge in [-0.05, 0) is 24.5 Å². The van der Waals surface area contributed by atoms with Crippen LogP contribution in [0.2, 0.25) is 0 Å². The number of anilines is 1. The minimum Gasteiger partial charge on any atom is -0.332 e. The molecule has 0 saturated carbocycles. The summed E-state index contributed by atoms with van der Waals surface area (Å²) in [5, 5.41) is 3.26. The Morgan fingerprint density at radius 3 is 2.74 bits per heavy atom. The number of benzene rings is 1. The van der Waals surface area contributed by atoms with E-state index in [9.17, 15) is 13.2 Å². The molecule has 0 aromatic heterocycles. The number of aliphatic imine (C=N–C) groups is 1. The molecule has 1 aliphatic heterocycles. The lowest BCUT2D eigenvalue weighted by molar-refractivity contribution is 0.449. The highest BCUT2D eigenvalue weighted by Gasteiger charge is 2.21. The van der Waals surface area contributed by atoms with E-state index in [2.05, 4.69) is 24.2 Å². The van der Waals surface area contributed by atoms with Gasteiger partial charge >= 0.3 is 0 Å². The van der Waals surface area contributed by atoms with Crippen molar-refractivity contribution in [1.82, 2.24) is 0 Å². The van der Waals surface area contributed by atoms with Crippen molar-refractivity contribution < 1.29 is 13.2 Å². The third-order valence-corrected chi connectivity index (χ3v) is 3.76. The number of hydrogen-bond donors (Lipinski definition) is 1. The summed E-state index contributed by atoms with van der Waals surface area (Å²) < 4.78 is 39.4. The maximum absolute atomic E-state index is 13.5. The van der Waals surface area contributed by atoms with Crippen molar-refractivity contribution in [1.29, 1.82) is 0 Å². The zero-order chi connectivity index (χ0) is 14.0. The summed E-state index contributed by atoms with van der Waals surface area (Å²) in [6.45, 7) is 4.22. The van der Waals surface area contributed by atoms with Crippen LogP contribution in [0.1, 0.15) is 20.3 Å². The number of rotatable bonds is 3. The third-order valence-electron chi connectivity index (χ3n) is 2.73. The molecule has 6 heteroatoms. The number of nitrogens with zero attached hydrogens (tertiary/aromatic N) is 1. The second-order valence-corrected chi connectivity index (χ2v) is 5.89. The maximum Gasteiger partial charge on any atom is 0.196 e. The molecule has 0 bridgehead atoms. The van der Waals surface area contributed by atoms with E-state index in [1.807, 2.05) is 0 Å². The molecule has 2 nitrogen and oxygen atoms in total. The van der Waals surface area contributed by atoms with Gasteiger partial charge < -0.3 is 5.32 Å². The topological polar surface area (TPSA) is 24.4 Å². The van der Waals surface area contributed by atoms with Crippen LogP contribution in [-0.4, -0.2) is 17.0 Å². The molecular weight excluding hydrogens is 273 g/mol. The van der Waals surface area contributed by atoms with Crippen molar-refractivity contribution in [3.8, 4) is 0 Å². The van der Waals surface area contributed by atoms with E-state index in [1.54, 1.807) is 0 Å². The zero-order valence-corrected chi connectivity index (χ0v) is 11.5. The van der Waals surface area contributed by atoms with Gasteiger partial charge in [-0.1, -0.05) is 25.6 Å². The molecule has 0 fully saturated rings. The highest BCUT2D eigenvalue weighted by atomic mass is 32.2. The maximum atomic E-state index is 13.5. The first-order chi connectivity index (χ1) is 8.97. The van der Waals surface area contributed by atoms with Gasteiger partial charge in [0.15, 0.2) is 22.6 Å². The van der Waals surface area contributed by atoms with E-state index in [4.69, 9.17) is 0 Å². The zero-order valence-electron chi connectivity index (χ0n) is 10.7. The molecule has 1 unspecified atom stereocenters. The molecule has 1 heterocycles. The monoisotopic (exact) mass is 288 g/mol. The molecule has 1 N–H and O–H groups in total. The molecule has 0 radical (unpaired) electrons. The highest BCUT2D eigenvalue weighted by Crippen LogP contribution is 2.26. The Morgan fingerprint density at radius 2 is 2.05 bits per heavy atom. The van der Waals surface area contributed by atoms with E-state index in [1.165, 1.54) is 17.8 Å². The summed E-state index contributed by atoms with van der Waals surface area (Å²) in [5.41, 5.74) is -0.0876. The Balaban J connectivity index is 2.08. The second-order valence-electron chi connectivity index (χ2n) is 4.88. The van der Waals surface area contributed by atoms with Gasteiger partial charge in [-0.25, -0.2) is 13.2 Å². The molecule has 1 aromatic rings. The van der Waals surface area contributed by atoms with Crippen molar-refractivity contribution >= 4 is 22.6 Å². The molecule has 1 aromatic carbocycles. The van der Waals surface area contributed by atoms with Crippen LogP contribution in [0.25, 0.3) is 0 Å². The van der Waals surface area contributed by atoms with E-state index in [0.717, 1.165) is 18.2 Å². The Hall–Kier alpha value is -1.17. The Morgan fingerprint density at radius 1 is 1.32 bits per heavy atom. The molecule has 0 spiro atoms. The Bertz CT molecular complexity index is 503. The van der Waals surface area contributed by atoms with Gasteiger partial charge in [-0.15, -0.1) is 0 Å². The molecule has 19 heavy (non-hydrogen) atoms. The molecule has 1 atom stereocenters. The van der Waals surface area contributed by atoms with Gasteiger partial charge in [-0.2, -0.15) is 0 Å². The van der Waals surface area contributed by atoms with E-state index in [-0.39, 0.29) is 11.7 Å². The fraction of sp³-hybridized carbons (Fsp3) is 0.462. The van der Waals surface area contributed by atoms with Gasteiger partial charge in [0.05, 0.1) is 11.7 Å². The van der Waals surface area contributed by atoms with Crippen LogP contribution in [0.3, 0.4) is 0 Å². The summed E-state index contributed by atoms with van der Waals surface area (Å²) in [4.78, 5) is 4.40. The van der Waals surface area contributed by atoms with Crippen LogP contribution in [0.4, 0.5) is 18.9 Å². The number of hydrogen-bond acceptors (Lipinski definition) is 3. The summed E-state index contributed by atoms with van der Waals surface area (Å²) >= 11 is 1.46. The first-order valence-corrected chi connectivity index (χ1v) is 7.07. The molecule has 0 aliphatic carbocycles. The van der Waals surface area contributed by atoms with E-state index in [0.29, 0.717) is 11.1 Å². The second kappa shape index (κ2) is 5.86. The lowest BCUT2D eigenvalue weighted by Crippen LogP contribution is -2.09. The molecular formula is C13H15F3N2S. The van der Waals surface area contributed by atoms with E-state index < -0.39 is 17.5 Å². The summed E-state index contributed by atoms with van der Waals surface area (Å²) in [6, 6.07) is 2.26. The van der Waals surface area contributed by atoms with Crippen LogP contribution >= 0.6 is 11.8 Å². The minimum atomic E-state index is -1.47. The van der Waals surface area contributed by atoms with Gasteiger partial charge in [0, 0.05) is 5.75 Å². The summed E-state index contributed by atoms with van der Waals surface area (Å²) in [7, 11) is 0. The quantitative estimate of drug-likeness (QED) is 0.849. The van der Waals surface area contributed by atoms with Gasteiger partial charge in [0.1, 0.15) is 0 Å². The number of halogens is 3. The average molecular weight is 288 g/mol. The molecule has 104 valence electrons. The molecule has 0 saturated heterocycles. The van der Waals surface area contributed by atoms with Crippen molar-refractivity contribution in [3.63, 3.8) is 0 Å². The Kier molecular flexibility index (Phi) is 4.39. The fourth-order valence-electron chi connectivity index (χ4n) is 1.89. The van der Waals surface area contributed by atoms with Crippen LogP contribution in [0.5, 0.6) is 0 Å². The highest BCUT2D eigenvalue weighted by molar-refractivity contribution is 8.14. The minimum absolute atomic E-state index is 0.0876. The largest absolute Gasteiger partial charge is 0.332 e. The number of amidine groups is 1. The summed E-state index contributed by atoms with van der Waals surface area (Å²) in [5.74, 6) is -2.51. The summed E-state index contributed by atoms with van der Waals surface area (Å²) in [6.07, 6.45) is 0.957. The lowest BCUT2D eigenvalue weighted by atomic mass is 10.1. The fourth-order valence-corrected chi connectivity index (χ4v) is 2.85. The van der Waals surface area contributed by atoms with Crippen LogP contribution in [-0.2, 0) is 0 Å². The van der Waals surface area contributed by atoms with Gasteiger partial charge in [-0.3, -0.25) is 4.99 Å². The first kappa shape index (κ1) is 14.2. The van der Waals surface area contributed by atoms with Crippen LogP contribution in [0.15, 0.2) is 17.1 Å². The Labute approximate surface area is 114 Å². The molecule has 2 rings (SSSR count). The lowest BCUT2D eigenvalue weighted by Gasteiger charge is -2.08. The normalized spacial score (nSPS) is 18.8. The van der Waals surface area contributed by atoms with Crippen molar-refractivity contribution in [2.75, 3.05) is 11.1 Å². The molecule has 0 amide bonds. The predicted molar refractivity (Wildman–Crippen MR) is 73.1 cm³/mol. The number of thioether (sulfide) groups is 1. The molecule has 1 aliphatic rings. The van der Waals surface area contributed by atoms with Gasteiger partial charge in [0.25, 0.3) is 0 Å². The standard InChI is InChI=1S/C13H15F3N2S/c1-7(2)5-8-6-19-13(17-8)18-10-4-3-9(14)11(15)12(10)16/h3-4,7-8H,5-6H2,1-2H3,(H,17,18). The third kappa shape index (κ3) is 3.43. The van der Waals surface area contributed by atoms with Crippen molar-refractivity contribution in [2.24, 2.45) is 10.9 Å². The van der Waals surface area contributed by atoms with Crippen LogP contribution < -0.4 is 5.32 Å². The predicted octanol–water partition coefficient (Wildman–Crippen LogP) is 4.03. The SMILES string of the molecule is CC(C)CC1CSC(Nc2ccc(F)c(F)c2F)=N1.